The van der Waals surface area contributed by atoms with Crippen LogP contribution in [-0.4, -0.2) is 28.3 Å². The van der Waals surface area contributed by atoms with Crippen molar-refractivity contribution in [3.8, 4) is 0 Å². The summed E-state index contributed by atoms with van der Waals surface area (Å²) in [6.07, 6.45) is 0. The van der Waals surface area contributed by atoms with E-state index in [0.29, 0.717) is 16.9 Å². The minimum atomic E-state index is -0.920. The van der Waals surface area contributed by atoms with Crippen molar-refractivity contribution in [1.82, 2.24) is 4.90 Å². The van der Waals surface area contributed by atoms with E-state index in [1.165, 1.54) is 0 Å². The topological polar surface area (TPSA) is 75.4 Å². The van der Waals surface area contributed by atoms with Crippen LogP contribution in [0.4, 0.5) is 11.4 Å². The molecule has 0 unspecified atom stereocenters. The molecule has 1 heterocycles. The highest BCUT2D eigenvalue weighted by molar-refractivity contribution is 6.13. The second-order valence-corrected chi connectivity index (χ2v) is 5.55. The van der Waals surface area contributed by atoms with Crippen molar-refractivity contribution in [2.75, 3.05) is 11.1 Å². The van der Waals surface area contributed by atoms with Crippen molar-refractivity contribution < 1.29 is 9.59 Å². The predicted molar refractivity (Wildman–Crippen MR) is 74.9 cm³/mol. The molecule has 3 N–H and O–H groups in total. The van der Waals surface area contributed by atoms with Crippen LogP contribution < -0.4 is 11.1 Å². The molecule has 0 fully saturated rings. The molecule has 0 saturated carbocycles. The van der Waals surface area contributed by atoms with Crippen molar-refractivity contribution in [2.24, 2.45) is 0 Å². The number of amides is 2. The van der Waals surface area contributed by atoms with Gasteiger partial charge in [0, 0.05) is 11.7 Å². The van der Waals surface area contributed by atoms with E-state index < -0.39 is 5.54 Å². The predicted octanol–water partition coefficient (Wildman–Crippen LogP) is 1.85. The van der Waals surface area contributed by atoms with Gasteiger partial charge in [-0.1, -0.05) is 6.07 Å². The van der Waals surface area contributed by atoms with Crippen molar-refractivity contribution in [3.63, 3.8) is 0 Å². The second kappa shape index (κ2) is 4.26. The van der Waals surface area contributed by atoms with Crippen LogP contribution in [0.1, 0.15) is 38.1 Å². The average molecular weight is 261 g/mol. The van der Waals surface area contributed by atoms with Crippen LogP contribution in [0.5, 0.6) is 0 Å². The minimum Gasteiger partial charge on any atom is -0.398 e. The molecule has 0 spiro atoms. The van der Waals surface area contributed by atoms with Gasteiger partial charge in [0.1, 0.15) is 5.54 Å². The Morgan fingerprint density at radius 2 is 1.89 bits per heavy atom. The number of benzene rings is 1. The van der Waals surface area contributed by atoms with Crippen LogP contribution in [0.3, 0.4) is 0 Å². The third-order valence-corrected chi connectivity index (χ3v) is 3.45. The molecule has 5 heteroatoms. The van der Waals surface area contributed by atoms with Gasteiger partial charge in [0.25, 0.3) is 5.91 Å². The third-order valence-electron chi connectivity index (χ3n) is 3.45. The summed E-state index contributed by atoms with van der Waals surface area (Å²) in [5.74, 6) is -0.426. The largest absolute Gasteiger partial charge is 0.398 e. The second-order valence-electron chi connectivity index (χ2n) is 5.55. The van der Waals surface area contributed by atoms with Crippen LogP contribution in [-0.2, 0) is 4.79 Å². The standard InChI is InChI=1S/C14H19N3O2/c1-8(2)17-12(18)11-9(15)6-5-7-10(11)16-13(19)14(17,3)4/h5-8H,15H2,1-4H3,(H,16,19). The lowest BCUT2D eigenvalue weighted by atomic mass is 9.99. The van der Waals surface area contributed by atoms with Crippen LogP contribution >= 0.6 is 0 Å². The lowest BCUT2D eigenvalue weighted by molar-refractivity contribution is -0.125. The number of carbonyl (C=O) groups excluding carboxylic acids is 2. The molecule has 1 aliphatic rings. The van der Waals surface area contributed by atoms with E-state index in [0.717, 1.165) is 0 Å². The summed E-state index contributed by atoms with van der Waals surface area (Å²) < 4.78 is 0. The first-order chi connectivity index (χ1) is 8.76. The molecule has 0 bridgehead atoms. The van der Waals surface area contributed by atoms with Gasteiger partial charge in [0.2, 0.25) is 5.91 Å². The average Bonchev–Trinajstić information content (AvgIpc) is 2.34. The fourth-order valence-electron chi connectivity index (χ4n) is 2.55. The highest BCUT2D eigenvalue weighted by Gasteiger charge is 2.43. The Balaban J connectivity index is 2.68. The van der Waals surface area contributed by atoms with E-state index in [2.05, 4.69) is 5.32 Å². The van der Waals surface area contributed by atoms with Gasteiger partial charge in [-0.3, -0.25) is 9.59 Å². The molecule has 0 radical (unpaired) electrons. The number of nitrogens with two attached hydrogens (primary N) is 1. The Labute approximate surface area is 112 Å². The van der Waals surface area contributed by atoms with Crippen LogP contribution in [0, 0.1) is 0 Å². The van der Waals surface area contributed by atoms with E-state index in [4.69, 9.17) is 5.73 Å². The van der Waals surface area contributed by atoms with Crippen LogP contribution in [0.25, 0.3) is 0 Å². The molecule has 5 nitrogen and oxygen atoms in total. The third kappa shape index (κ3) is 1.95. The zero-order valence-corrected chi connectivity index (χ0v) is 11.7. The molecule has 1 aliphatic heterocycles. The fourth-order valence-corrected chi connectivity index (χ4v) is 2.55. The number of nitrogens with zero attached hydrogens (tertiary/aromatic N) is 1. The summed E-state index contributed by atoms with van der Waals surface area (Å²) in [5.41, 5.74) is 6.21. The molecule has 0 aromatic heterocycles. The number of hydrogen-bond acceptors (Lipinski definition) is 3. The van der Waals surface area contributed by atoms with Gasteiger partial charge in [-0.25, -0.2) is 0 Å². The molecule has 1 aromatic rings. The van der Waals surface area contributed by atoms with Crippen molar-refractivity contribution in [3.05, 3.63) is 23.8 Å². The maximum absolute atomic E-state index is 12.7. The van der Waals surface area contributed by atoms with Gasteiger partial charge in [0.05, 0.1) is 11.3 Å². The molecule has 0 atom stereocenters. The SMILES string of the molecule is CC(C)N1C(=O)c2c(N)cccc2NC(=O)C1(C)C. The van der Waals surface area contributed by atoms with E-state index in [-0.39, 0.29) is 17.9 Å². The molecular formula is C14H19N3O2. The van der Waals surface area contributed by atoms with Gasteiger partial charge in [-0.2, -0.15) is 0 Å². The molecule has 1 aromatic carbocycles. The Bertz CT molecular complexity index is 550. The molecular weight excluding hydrogens is 242 g/mol. The zero-order chi connectivity index (χ0) is 14.4. The number of nitrogens with one attached hydrogen (secondary N) is 1. The summed E-state index contributed by atoms with van der Waals surface area (Å²) in [6.45, 7) is 7.25. The van der Waals surface area contributed by atoms with Gasteiger partial charge in [0.15, 0.2) is 0 Å². The first-order valence-electron chi connectivity index (χ1n) is 6.30. The summed E-state index contributed by atoms with van der Waals surface area (Å²) in [5, 5.41) is 2.79. The smallest absolute Gasteiger partial charge is 0.259 e. The van der Waals surface area contributed by atoms with Crippen LogP contribution in [0.15, 0.2) is 18.2 Å². The maximum atomic E-state index is 12.7. The summed E-state index contributed by atoms with van der Waals surface area (Å²) >= 11 is 0. The number of anilines is 2. The molecule has 0 saturated heterocycles. The molecule has 102 valence electrons. The highest BCUT2D eigenvalue weighted by Crippen LogP contribution is 2.32. The van der Waals surface area contributed by atoms with Gasteiger partial charge in [-0.15, -0.1) is 0 Å². The first kappa shape index (κ1) is 13.4. The van der Waals surface area contributed by atoms with E-state index in [9.17, 15) is 9.59 Å². The van der Waals surface area contributed by atoms with Crippen molar-refractivity contribution in [2.45, 2.75) is 39.3 Å². The number of carbonyl (C=O) groups is 2. The van der Waals surface area contributed by atoms with Crippen LogP contribution in [0.2, 0.25) is 0 Å². The first-order valence-corrected chi connectivity index (χ1v) is 6.30. The Morgan fingerprint density at radius 1 is 1.26 bits per heavy atom. The van der Waals surface area contributed by atoms with Crippen molar-refractivity contribution >= 4 is 23.2 Å². The maximum Gasteiger partial charge on any atom is 0.259 e. The molecule has 2 amide bonds. The zero-order valence-electron chi connectivity index (χ0n) is 11.7. The Kier molecular flexibility index (Phi) is 3.00. The highest BCUT2D eigenvalue weighted by atomic mass is 16.2. The fraction of sp³-hybridized carbons (Fsp3) is 0.429. The van der Waals surface area contributed by atoms with Gasteiger partial charge < -0.3 is 16.0 Å². The summed E-state index contributed by atoms with van der Waals surface area (Å²) in [7, 11) is 0. The van der Waals surface area contributed by atoms with E-state index in [1.807, 2.05) is 13.8 Å². The number of rotatable bonds is 1. The number of hydrogen-bond donors (Lipinski definition) is 2. The van der Waals surface area contributed by atoms with E-state index >= 15 is 0 Å². The molecule has 0 aliphatic carbocycles. The van der Waals surface area contributed by atoms with Gasteiger partial charge >= 0.3 is 0 Å². The molecule has 2 rings (SSSR count). The summed E-state index contributed by atoms with van der Waals surface area (Å²) in [4.78, 5) is 26.6. The summed E-state index contributed by atoms with van der Waals surface area (Å²) in [6, 6.07) is 4.99. The lowest BCUT2D eigenvalue weighted by Gasteiger charge is -2.38. The van der Waals surface area contributed by atoms with Gasteiger partial charge in [-0.05, 0) is 39.8 Å². The lowest BCUT2D eigenvalue weighted by Crippen LogP contribution is -2.56. The Hall–Kier alpha value is -2.04. The monoisotopic (exact) mass is 261 g/mol. The normalized spacial score (nSPS) is 18.1. The minimum absolute atomic E-state index is 0.0983. The number of fused-ring (bicyclic) bond motifs is 1. The quantitative estimate of drug-likeness (QED) is 0.757. The Morgan fingerprint density at radius 3 is 2.47 bits per heavy atom. The molecule has 19 heavy (non-hydrogen) atoms. The van der Waals surface area contributed by atoms with E-state index in [1.54, 1.807) is 36.9 Å². The number of nitrogen functional groups attached to an aromatic ring is 1. The van der Waals surface area contributed by atoms with Crippen molar-refractivity contribution in [1.29, 1.82) is 0 Å².